The number of carbonyl (C=O) groups excluding carboxylic acids is 1. The third-order valence-corrected chi connectivity index (χ3v) is 3.75. The van der Waals surface area contributed by atoms with Crippen LogP contribution in [0.2, 0.25) is 0 Å². The third kappa shape index (κ3) is 11.8. The molecule has 29 heavy (non-hydrogen) atoms. The smallest absolute Gasteiger partial charge is 0.387 e. The van der Waals surface area contributed by atoms with Crippen LogP contribution < -0.4 is 10.1 Å². The van der Waals surface area contributed by atoms with Crippen LogP contribution in [0.1, 0.15) is 18.9 Å². The van der Waals surface area contributed by atoms with Crippen molar-refractivity contribution in [3.05, 3.63) is 29.8 Å². The normalized spacial score (nSPS) is 11.1. The number of hydrogen-bond acceptors (Lipinski definition) is 4. The minimum atomic E-state index is -2.85. The highest BCUT2D eigenvalue weighted by Gasteiger charge is 2.10. The maximum absolute atomic E-state index is 12.2. The van der Waals surface area contributed by atoms with E-state index in [1.54, 1.807) is 26.2 Å². The van der Waals surface area contributed by atoms with Gasteiger partial charge in [0, 0.05) is 47.4 Å². The summed E-state index contributed by atoms with van der Waals surface area (Å²) in [5.41, 5.74) is 0.895. The molecule has 10 heteroatoms. The number of nitrogens with zero attached hydrogens (tertiary/aromatic N) is 3. The molecular formula is C19H31F2IN4O3. The van der Waals surface area contributed by atoms with Gasteiger partial charge in [-0.2, -0.15) is 8.78 Å². The Morgan fingerprint density at radius 3 is 2.41 bits per heavy atom. The zero-order valence-electron chi connectivity index (χ0n) is 17.4. The molecule has 1 aromatic rings. The lowest BCUT2D eigenvalue weighted by molar-refractivity contribution is -0.127. The van der Waals surface area contributed by atoms with E-state index in [9.17, 15) is 13.6 Å². The summed E-state index contributed by atoms with van der Waals surface area (Å²) in [7, 11) is 5.21. The van der Waals surface area contributed by atoms with Gasteiger partial charge in [-0.15, -0.1) is 24.0 Å². The standard InChI is InChI=1S/C19H30F2N4O3.HI/c1-5-27-12-6-11-22-19(23-13-17(26)24(2)3)25(4)14-15-7-9-16(10-8-15)28-18(20)21;/h7-10,18H,5-6,11-14H2,1-4H3,(H,22,23);1H. The quantitative estimate of drug-likeness (QED) is 0.207. The summed E-state index contributed by atoms with van der Waals surface area (Å²) < 4.78 is 34.2. The van der Waals surface area contributed by atoms with Gasteiger partial charge in [0.05, 0.1) is 0 Å². The van der Waals surface area contributed by atoms with Crippen molar-refractivity contribution < 1.29 is 23.0 Å². The maximum Gasteiger partial charge on any atom is 0.387 e. The van der Waals surface area contributed by atoms with Crippen LogP contribution in [0.15, 0.2) is 29.3 Å². The first kappa shape index (κ1) is 27.3. The van der Waals surface area contributed by atoms with Gasteiger partial charge < -0.3 is 24.6 Å². The molecule has 0 unspecified atom stereocenters. The van der Waals surface area contributed by atoms with Gasteiger partial charge in [0.2, 0.25) is 5.91 Å². The van der Waals surface area contributed by atoms with E-state index in [-0.39, 0.29) is 42.2 Å². The van der Waals surface area contributed by atoms with Gasteiger partial charge in [0.15, 0.2) is 5.96 Å². The molecule has 0 saturated carbocycles. The van der Waals surface area contributed by atoms with E-state index >= 15 is 0 Å². The van der Waals surface area contributed by atoms with Gasteiger partial charge in [0.25, 0.3) is 0 Å². The number of nitrogens with one attached hydrogen (secondary N) is 1. The third-order valence-electron chi connectivity index (χ3n) is 3.75. The Kier molecular flexibility index (Phi) is 14.3. The van der Waals surface area contributed by atoms with E-state index in [1.807, 2.05) is 18.9 Å². The lowest BCUT2D eigenvalue weighted by Gasteiger charge is -2.23. The topological polar surface area (TPSA) is 66.4 Å². The van der Waals surface area contributed by atoms with Crippen molar-refractivity contribution in [2.24, 2.45) is 4.99 Å². The van der Waals surface area contributed by atoms with Crippen molar-refractivity contribution in [2.75, 3.05) is 47.4 Å². The Hall–Kier alpha value is -1.69. The molecule has 0 fully saturated rings. The number of rotatable bonds is 11. The minimum Gasteiger partial charge on any atom is -0.435 e. The molecule has 1 rings (SSSR count). The van der Waals surface area contributed by atoms with Crippen LogP contribution in [-0.4, -0.2) is 75.7 Å². The first-order chi connectivity index (χ1) is 13.3. The highest BCUT2D eigenvalue weighted by atomic mass is 127. The Bertz CT molecular complexity index is 616. The highest BCUT2D eigenvalue weighted by Crippen LogP contribution is 2.15. The van der Waals surface area contributed by atoms with Crippen LogP contribution in [-0.2, 0) is 16.1 Å². The average molecular weight is 528 g/mol. The molecule has 0 radical (unpaired) electrons. The van der Waals surface area contributed by atoms with Crippen molar-refractivity contribution >= 4 is 35.8 Å². The van der Waals surface area contributed by atoms with E-state index in [2.05, 4.69) is 15.0 Å². The molecule has 0 aliphatic heterocycles. The molecule has 1 aromatic carbocycles. The van der Waals surface area contributed by atoms with Gasteiger partial charge >= 0.3 is 6.61 Å². The highest BCUT2D eigenvalue weighted by molar-refractivity contribution is 14.0. The van der Waals surface area contributed by atoms with E-state index in [1.165, 1.54) is 17.0 Å². The number of guanidine groups is 1. The maximum atomic E-state index is 12.2. The Labute approximate surface area is 188 Å². The molecule has 0 spiro atoms. The molecule has 0 aliphatic carbocycles. The van der Waals surface area contributed by atoms with E-state index in [4.69, 9.17) is 4.74 Å². The number of benzene rings is 1. The van der Waals surface area contributed by atoms with Crippen molar-refractivity contribution in [3.8, 4) is 5.75 Å². The van der Waals surface area contributed by atoms with Crippen molar-refractivity contribution in [1.82, 2.24) is 15.1 Å². The zero-order valence-corrected chi connectivity index (χ0v) is 19.7. The van der Waals surface area contributed by atoms with Crippen molar-refractivity contribution in [3.63, 3.8) is 0 Å². The number of halogens is 3. The number of alkyl halides is 2. The summed E-state index contributed by atoms with van der Waals surface area (Å²) in [5.74, 6) is 0.594. The van der Waals surface area contributed by atoms with E-state index in [0.29, 0.717) is 32.3 Å². The Balaban J connectivity index is 0.00000784. The van der Waals surface area contributed by atoms with Gasteiger partial charge in [-0.25, -0.2) is 4.99 Å². The second-order valence-corrected chi connectivity index (χ2v) is 6.28. The number of amides is 1. The fourth-order valence-corrected chi connectivity index (χ4v) is 2.24. The molecule has 0 bridgehead atoms. The summed E-state index contributed by atoms with van der Waals surface area (Å²) >= 11 is 0. The summed E-state index contributed by atoms with van der Waals surface area (Å²) in [4.78, 5) is 19.6. The zero-order chi connectivity index (χ0) is 20.9. The van der Waals surface area contributed by atoms with Crippen molar-refractivity contribution in [1.29, 1.82) is 0 Å². The first-order valence-corrected chi connectivity index (χ1v) is 9.14. The van der Waals surface area contributed by atoms with Gasteiger partial charge in [0.1, 0.15) is 12.3 Å². The van der Waals surface area contributed by atoms with Crippen LogP contribution in [0.5, 0.6) is 5.75 Å². The van der Waals surface area contributed by atoms with Crippen molar-refractivity contribution in [2.45, 2.75) is 26.5 Å². The second-order valence-electron chi connectivity index (χ2n) is 6.28. The van der Waals surface area contributed by atoms with Crippen LogP contribution >= 0.6 is 24.0 Å². The van der Waals surface area contributed by atoms with Crippen LogP contribution in [0.4, 0.5) is 8.78 Å². The molecule has 1 N–H and O–H groups in total. The summed E-state index contributed by atoms with van der Waals surface area (Å²) in [6.45, 7) is 1.59. The van der Waals surface area contributed by atoms with Crippen LogP contribution in [0, 0.1) is 0 Å². The summed E-state index contributed by atoms with van der Waals surface area (Å²) in [6.07, 6.45) is 0.808. The molecule has 0 saturated heterocycles. The van der Waals surface area contributed by atoms with Gasteiger partial charge in [-0.3, -0.25) is 4.79 Å². The molecule has 0 aromatic heterocycles. The monoisotopic (exact) mass is 528 g/mol. The number of likely N-dealkylation sites (N-methyl/N-ethyl adjacent to an activating group) is 1. The van der Waals surface area contributed by atoms with E-state index in [0.717, 1.165) is 12.0 Å². The summed E-state index contributed by atoms with van der Waals surface area (Å²) in [6, 6.07) is 6.42. The minimum absolute atomic E-state index is 0. The molecule has 0 aliphatic rings. The first-order valence-electron chi connectivity index (χ1n) is 9.14. The molecule has 7 nitrogen and oxygen atoms in total. The summed E-state index contributed by atoms with van der Waals surface area (Å²) in [5, 5.41) is 3.23. The number of hydrogen-bond donors (Lipinski definition) is 1. The number of aliphatic imine (C=N–C) groups is 1. The molecular weight excluding hydrogens is 497 g/mol. The van der Waals surface area contributed by atoms with Gasteiger partial charge in [-0.1, -0.05) is 12.1 Å². The lowest BCUT2D eigenvalue weighted by Crippen LogP contribution is -2.40. The second kappa shape index (κ2) is 15.2. The molecule has 1 amide bonds. The Morgan fingerprint density at radius 1 is 1.21 bits per heavy atom. The molecule has 166 valence electrons. The molecule has 0 heterocycles. The number of carbonyl (C=O) groups is 1. The van der Waals surface area contributed by atoms with E-state index < -0.39 is 6.61 Å². The SMILES string of the molecule is CCOCCCNC(=NCC(=O)N(C)C)N(C)Cc1ccc(OC(F)F)cc1.I. The predicted octanol–water partition coefficient (Wildman–Crippen LogP) is 2.80. The largest absolute Gasteiger partial charge is 0.435 e. The average Bonchev–Trinajstić information content (AvgIpc) is 2.64. The van der Waals surface area contributed by atoms with Crippen LogP contribution in [0.3, 0.4) is 0 Å². The fourth-order valence-electron chi connectivity index (χ4n) is 2.24. The lowest BCUT2D eigenvalue weighted by atomic mass is 10.2. The molecule has 0 atom stereocenters. The fraction of sp³-hybridized carbons (Fsp3) is 0.579. The van der Waals surface area contributed by atoms with Crippen LogP contribution in [0.25, 0.3) is 0 Å². The Morgan fingerprint density at radius 2 is 1.86 bits per heavy atom. The van der Waals surface area contributed by atoms with Gasteiger partial charge in [-0.05, 0) is 31.0 Å². The number of ether oxygens (including phenoxy) is 2. The predicted molar refractivity (Wildman–Crippen MR) is 120 cm³/mol.